The van der Waals surface area contributed by atoms with E-state index < -0.39 is 6.10 Å². The molecule has 1 aromatic carbocycles. The average molecular weight is 328 g/mol. The Bertz CT molecular complexity index is 591. The van der Waals surface area contributed by atoms with Crippen LogP contribution in [-0.4, -0.2) is 53.1 Å². The second-order valence-electron chi connectivity index (χ2n) is 7.74. The Kier molecular flexibility index (Phi) is 4.35. The zero-order valence-corrected chi connectivity index (χ0v) is 14.4. The molecule has 1 aromatic rings. The number of carbonyl (C=O) groups is 1. The number of aliphatic hydroxyl groups excluding tert-OH is 1. The van der Waals surface area contributed by atoms with Crippen LogP contribution in [0.4, 0.5) is 0 Å². The first-order valence-electron chi connectivity index (χ1n) is 9.46. The normalized spacial score (nSPS) is 31.6. The summed E-state index contributed by atoms with van der Waals surface area (Å²) >= 11 is 0. The Morgan fingerprint density at radius 3 is 2.71 bits per heavy atom. The lowest BCUT2D eigenvalue weighted by Crippen LogP contribution is -2.67. The van der Waals surface area contributed by atoms with E-state index in [-0.39, 0.29) is 11.4 Å². The van der Waals surface area contributed by atoms with Gasteiger partial charge in [0.25, 0.3) is 0 Å². The molecule has 4 heteroatoms. The van der Waals surface area contributed by atoms with Crippen LogP contribution in [0.3, 0.4) is 0 Å². The van der Waals surface area contributed by atoms with Crippen molar-refractivity contribution in [3.8, 4) is 0 Å². The number of aliphatic hydroxyl groups is 1. The summed E-state index contributed by atoms with van der Waals surface area (Å²) in [7, 11) is 0. The van der Waals surface area contributed by atoms with Crippen molar-refractivity contribution in [1.29, 1.82) is 0 Å². The summed E-state index contributed by atoms with van der Waals surface area (Å²) in [6.07, 6.45) is 6.22. The van der Waals surface area contributed by atoms with E-state index in [1.165, 1.54) is 31.2 Å². The van der Waals surface area contributed by atoms with E-state index in [0.717, 1.165) is 19.5 Å². The van der Waals surface area contributed by atoms with Gasteiger partial charge in [0, 0.05) is 32.6 Å². The molecule has 3 aliphatic rings. The molecule has 0 radical (unpaired) electrons. The number of amides is 1. The van der Waals surface area contributed by atoms with Gasteiger partial charge in [-0.15, -0.1) is 0 Å². The van der Waals surface area contributed by atoms with Gasteiger partial charge in [-0.05, 0) is 30.7 Å². The molecule has 130 valence electrons. The lowest BCUT2D eigenvalue weighted by atomic mass is 9.61. The minimum Gasteiger partial charge on any atom is -0.390 e. The topological polar surface area (TPSA) is 43.8 Å². The Morgan fingerprint density at radius 1 is 1.17 bits per heavy atom. The highest BCUT2D eigenvalue weighted by molar-refractivity contribution is 5.78. The number of carbonyl (C=O) groups excluding carboxylic acids is 1. The van der Waals surface area contributed by atoms with E-state index in [1.807, 2.05) is 4.90 Å². The van der Waals surface area contributed by atoms with E-state index in [0.29, 0.717) is 25.4 Å². The molecule has 1 amide bonds. The third-order valence-electron chi connectivity index (χ3n) is 6.35. The number of likely N-dealkylation sites (tertiary alicyclic amines) is 2. The first-order valence-corrected chi connectivity index (χ1v) is 9.46. The third-order valence-corrected chi connectivity index (χ3v) is 6.35. The van der Waals surface area contributed by atoms with Crippen LogP contribution in [0, 0.1) is 5.92 Å². The summed E-state index contributed by atoms with van der Waals surface area (Å²) in [6, 6.07) is 10.8. The maximum absolute atomic E-state index is 11.8. The maximum atomic E-state index is 11.8. The van der Waals surface area contributed by atoms with Gasteiger partial charge in [-0.3, -0.25) is 9.69 Å². The van der Waals surface area contributed by atoms with Crippen LogP contribution in [0.1, 0.15) is 44.1 Å². The lowest BCUT2D eigenvalue weighted by Gasteiger charge is -2.62. The molecule has 1 N–H and O–H groups in total. The zero-order chi connectivity index (χ0) is 16.6. The molecule has 0 aromatic heterocycles. The fraction of sp³-hybridized carbons (Fsp3) is 0.650. The molecule has 3 atom stereocenters. The molecule has 1 saturated carbocycles. The number of hydrogen-bond donors (Lipinski definition) is 1. The summed E-state index contributed by atoms with van der Waals surface area (Å²) in [6.45, 7) is 3.06. The molecule has 4 rings (SSSR count). The van der Waals surface area contributed by atoms with E-state index in [4.69, 9.17) is 0 Å². The van der Waals surface area contributed by atoms with Crippen LogP contribution in [0.15, 0.2) is 30.3 Å². The van der Waals surface area contributed by atoms with E-state index in [2.05, 4.69) is 35.2 Å². The Balaban J connectivity index is 1.47. The summed E-state index contributed by atoms with van der Waals surface area (Å²) in [5.74, 6) is 0.917. The smallest absolute Gasteiger partial charge is 0.222 e. The van der Waals surface area contributed by atoms with Crippen molar-refractivity contribution in [2.45, 2.75) is 50.2 Å². The number of benzene rings is 1. The van der Waals surface area contributed by atoms with Crippen LogP contribution >= 0.6 is 0 Å². The van der Waals surface area contributed by atoms with Crippen LogP contribution in [0.5, 0.6) is 0 Å². The Labute approximate surface area is 144 Å². The second kappa shape index (κ2) is 6.49. The molecule has 0 spiro atoms. The molecule has 4 nitrogen and oxygen atoms in total. The molecule has 3 fully saturated rings. The molecule has 2 saturated heterocycles. The highest BCUT2D eigenvalue weighted by Gasteiger charge is 2.55. The average Bonchev–Trinajstić information content (AvgIpc) is 2.98. The molecule has 24 heavy (non-hydrogen) atoms. The highest BCUT2D eigenvalue weighted by atomic mass is 16.3. The van der Waals surface area contributed by atoms with Crippen LogP contribution in [0.2, 0.25) is 0 Å². The second-order valence-corrected chi connectivity index (χ2v) is 7.74. The molecule has 2 heterocycles. The monoisotopic (exact) mass is 328 g/mol. The van der Waals surface area contributed by atoms with Crippen LogP contribution < -0.4 is 0 Å². The van der Waals surface area contributed by atoms with Gasteiger partial charge in [0.1, 0.15) is 0 Å². The number of fused-ring (bicyclic) bond motifs is 1. The van der Waals surface area contributed by atoms with Crippen molar-refractivity contribution in [3.63, 3.8) is 0 Å². The van der Waals surface area contributed by atoms with Gasteiger partial charge in [-0.25, -0.2) is 0 Å². The summed E-state index contributed by atoms with van der Waals surface area (Å²) in [4.78, 5) is 16.1. The van der Waals surface area contributed by atoms with Gasteiger partial charge < -0.3 is 10.0 Å². The largest absolute Gasteiger partial charge is 0.390 e. The first-order chi connectivity index (χ1) is 11.7. The summed E-state index contributed by atoms with van der Waals surface area (Å²) in [5, 5.41) is 10.6. The van der Waals surface area contributed by atoms with Crippen LogP contribution in [0.25, 0.3) is 0 Å². The minimum atomic E-state index is -0.449. The van der Waals surface area contributed by atoms with Crippen LogP contribution in [-0.2, 0) is 10.3 Å². The van der Waals surface area contributed by atoms with Gasteiger partial charge in [0.15, 0.2) is 0 Å². The first kappa shape index (κ1) is 16.1. The number of hydrogen-bond acceptors (Lipinski definition) is 3. The quantitative estimate of drug-likeness (QED) is 0.902. The van der Waals surface area contributed by atoms with Crippen molar-refractivity contribution >= 4 is 5.91 Å². The van der Waals surface area contributed by atoms with Crippen molar-refractivity contribution in [3.05, 3.63) is 35.9 Å². The fourth-order valence-corrected chi connectivity index (χ4v) is 5.19. The lowest BCUT2D eigenvalue weighted by molar-refractivity contribution is -0.137. The van der Waals surface area contributed by atoms with E-state index in [9.17, 15) is 9.90 Å². The standard InChI is InChI=1S/C20H28N2O2/c23-18(14-21-12-6-10-19(21)24)15-22-13-17-9-4-5-11-20(17,22)16-7-2-1-3-8-16/h1-3,7-8,17-18,23H,4-6,9-15H2. The molecular weight excluding hydrogens is 300 g/mol. The molecular formula is C20H28N2O2. The third kappa shape index (κ3) is 2.66. The van der Waals surface area contributed by atoms with Gasteiger partial charge in [0.05, 0.1) is 11.6 Å². The van der Waals surface area contributed by atoms with Crippen molar-refractivity contribution in [1.82, 2.24) is 9.80 Å². The van der Waals surface area contributed by atoms with Gasteiger partial charge in [-0.1, -0.05) is 43.2 Å². The van der Waals surface area contributed by atoms with Crippen molar-refractivity contribution in [2.75, 3.05) is 26.2 Å². The molecule has 3 unspecified atom stereocenters. The minimum absolute atomic E-state index is 0.121. The number of β-amino-alcohol motifs (C(OH)–C–C–N with tert-alkyl or cyclic N) is 1. The molecule has 0 bridgehead atoms. The highest BCUT2D eigenvalue weighted by Crippen LogP contribution is 2.53. The van der Waals surface area contributed by atoms with Crippen molar-refractivity contribution < 1.29 is 9.90 Å². The van der Waals surface area contributed by atoms with E-state index >= 15 is 0 Å². The fourth-order valence-electron chi connectivity index (χ4n) is 5.19. The Morgan fingerprint density at radius 2 is 2.00 bits per heavy atom. The van der Waals surface area contributed by atoms with Crippen molar-refractivity contribution in [2.24, 2.45) is 5.92 Å². The van der Waals surface area contributed by atoms with Gasteiger partial charge >= 0.3 is 0 Å². The predicted molar refractivity (Wildman–Crippen MR) is 93.5 cm³/mol. The SMILES string of the molecule is O=C1CCCN1CC(O)CN1CC2CCCCC21c1ccccc1. The number of rotatable bonds is 5. The maximum Gasteiger partial charge on any atom is 0.222 e. The van der Waals surface area contributed by atoms with Gasteiger partial charge in [0.2, 0.25) is 5.91 Å². The summed E-state index contributed by atoms with van der Waals surface area (Å²) in [5.41, 5.74) is 1.53. The number of nitrogens with zero attached hydrogens (tertiary/aromatic N) is 2. The van der Waals surface area contributed by atoms with Gasteiger partial charge in [-0.2, -0.15) is 0 Å². The van der Waals surface area contributed by atoms with E-state index in [1.54, 1.807) is 0 Å². The molecule has 1 aliphatic carbocycles. The summed E-state index contributed by atoms with van der Waals surface area (Å²) < 4.78 is 0. The Hall–Kier alpha value is -1.39. The zero-order valence-electron chi connectivity index (χ0n) is 14.4. The molecule has 2 aliphatic heterocycles. The predicted octanol–water partition coefficient (Wildman–Crippen LogP) is 2.37.